The molecule has 0 radical (unpaired) electrons. The van der Waals surface area contributed by atoms with E-state index in [-0.39, 0.29) is 11.5 Å². The summed E-state index contributed by atoms with van der Waals surface area (Å²) >= 11 is 0. The van der Waals surface area contributed by atoms with Crippen molar-refractivity contribution in [2.75, 3.05) is 0 Å². The Kier molecular flexibility index (Phi) is 2.68. The van der Waals surface area contributed by atoms with E-state index in [1.807, 2.05) is 0 Å². The SMILES string of the molecule is N=c1occn1C(C=O)c1ccc(F)cc1. The molecule has 0 aliphatic carbocycles. The summed E-state index contributed by atoms with van der Waals surface area (Å²) in [6.07, 6.45) is 3.49. The Morgan fingerprint density at radius 3 is 2.56 bits per heavy atom. The Bertz CT molecular complexity index is 542. The molecular formula is C11H9FN2O2. The molecule has 4 nitrogen and oxygen atoms in total. The molecule has 2 rings (SSSR count). The summed E-state index contributed by atoms with van der Waals surface area (Å²) < 4.78 is 18.9. The number of hydrogen-bond acceptors (Lipinski definition) is 3. The fraction of sp³-hybridized carbons (Fsp3) is 0.0909. The van der Waals surface area contributed by atoms with Crippen LogP contribution in [0.1, 0.15) is 11.6 Å². The lowest BCUT2D eigenvalue weighted by Gasteiger charge is -2.10. The summed E-state index contributed by atoms with van der Waals surface area (Å²) in [4.78, 5) is 11.0. The maximum absolute atomic E-state index is 12.7. The minimum Gasteiger partial charge on any atom is -0.432 e. The second-order valence-corrected chi connectivity index (χ2v) is 3.25. The van der Waals surface area contributed by atoms with Crippen LogP contribution in [0.25, 0.3) is 0 Å². The Hall–Kier alpha value is -2.17. The highest BCUT2D eigenvalue weighted by molar-refractivity contribution is 5.61. The van der Waals surface area contributed by atoms with Crippen LogP contribution >= 0.6 is 0 Å². The van der Waals surface area contributed by atoms with Crippen LogP contribution in [0, 0.1) is 11.2 Å². The van der Waals surface area contributed by atoms with Crippen molar-refractivity contribution >= 4 is 6.29 Å². The topological polar surface area (TPSA) is 59.0 Å². The van der Waals surface area contributed by atoms with Crippen molar-refractivity contribution in [3.63, 3.8) is 0 Å². The van der Waals surface area contributed by atoms with Crippen LogP contribution in [0.4, 0.5) is 4.39 Å². The molecule has 5 heteroatoms. The van der Waals surface area contributed by atoms with E-state index in [1.165, 1.54) is 41.3 Å². The number of nitrogens with one attached hydrogen (secondary N) is 1. The normalized spacial score (nSPS) is 12.3. The fourth-order valence-corrected chi connectivity index (χ4v) is 1.47. The largest absolute Gasteiger partial charge is 0.432 e. The molecule has 0 amide bonds. The second-order valence-electron chi connectivity index (χ2n) is 3.25. The Morgan fingerprint density at radius 1 is 1.38 bits per heavy atom. The Labute approximate surface area is 90.5 Å². The molecule has 0 aliphatic rings. The lowest BCUT2D eigenvalue weighted by molar-refractivity contribution is -0.109. The zero-order valence-electron chi connectivity index (χ0n) is 8.26. The first-order valence-electron chi connectivity index (χ1n) is 4.63. The van der Waals surface area contributed by atoms with Gasteiger partial charge in [-0.3, -0.25) is 9.98 Å². The molecule has 0 saturated carbocycles. The summed E-state index contributed by atoms with van der Waals surface area (Å²) in [5, 5.41) is 7.44. The fourth-order valence-electron chi connectivity index (χ4n) is 1.47. The van der Waals surface area contributed by atoms with Gasteiger partial charge in [0.2, 0.25) is 0 Å². The molecular weight excluding hydrogens is 211 g/mol. The lowest BCUT2D eigenvalue weighted by atomic mass is 10.1. The summed E-state index contributed by atoms with van der Waals surface area (Å²) in [5.74, 6) is -0.364. The van der Waals surface area contributed by atoms with Gasteiger partial charge >= 0.3 is 0 Å². The molecule has 1 heterocycles. The summed E-state index contributed by atoms with van der Waals surface area (Å²) in [6, 6.07) is 4.90. The highest BCUT2D eigenvalue weighted by atomic mass is 19.1. The average Bonchev–Trinajstić information content (AvgIpc) is 2.69. The van der Waals surface area contributed by atoms with Crippen LogP contribution in [0.5, 0.6) is 0 Å². The highest BCUT2D eigenvalue weighted by Gasteiger charge is 2.13. The van der Waals surface area contributed by atoms with Gasteiger partial charge in [0.25, 0.3) is 5.68 Å². The van der Waals surface area contributed by atoms with E-state index in [4.69, 9.17) is 9.83 Å². The van der Waals surface area contributed by atoms with E-state index in [0.717, 1.165) is 0 Å². The van der Waals surface area contributed by atoms with E-state index >= 15 is 0 Å². The molecule has 1 aromatic carbocycles. The highest BCUT2D eigenvalue weighted by Crippen LogP contribution is 2.14. The standard InChI is InChI=1S/C11H9FN2O2/c12-9-3-1-8(2-4-9)10(7-15)14-5-6-16-11(14)13/h1-7,10,13H. The predicted molar refractivity (Wildman–Crippen MR) is 53.2 cm³/mol. The van der Waals surface area contributed by atoms with Gasteiger partial charge in [-0.15, -0.1) is 0 Å². The van der Waals surface area contributed by atoms with Crippen LogP contribution in [-0.4, -0.2) is 10.9 Å². The number of aldehydes is 1. The second kappa shape index (κ2) is 4.14. The minimum absolute atomic E-state index is 0.124. The van der Waals surface area contributed by atoms with Gasteiger partial charge in [0.1, 0.15) is 24.4 Å². The number of rotatable bonds is 3. The van der Waals surface area contributed by atoms with Gasteiger partial charge in [-0.05, 0) is 17.7 Å². The number of carbonyl (C=O) groups excluding carboxylic acids is 1. The van der Waals surface area contributed by atoms with Crippen LogP contribution in [-0.2, 0) is 4.79 Å². The molecule has 0 aliphatic heterocycles. The van der Waals surface area contributed by atoms with Gasteiger partial charge in [-0.25, -0.2) is 4.39 Å². The maximum Gasteiger partial charge on any atom is 0.294 e. The summed E-state index contributed by atoms with van der Waals surface area (Å²) in [6.45, 7) is 0. The average molecular weight is 220 g/mol. The van der Waals surface area contributed by atoms with Crippen molar-refractivity contribution in [1.82, 2.24) is 4.57 Å². The predicted octanol–water partition coefficient (Wildman–Crippen LogP) is 1.49. The third-order valence-corrected chi connectivity index (χ3v) is 2.28. The molecule has 2 aromatic rings. The van der Waals surface area contributed by atoms with E-state index < -0.39 is 6.04 Å². The lowest BCUT2D eigenvalue weighted by Crippen LogP contribution is -2.22. The molecule has 1 unspecified atom stereocenters. The van der Waals surface area contributed by atoms with Gasteiger partial charge in [0, 0.05) is 6.20 Å². The molecule has 1 N–H and O–H groups in total. The quantitative estimate of drug-likeness (QED) is 0.796. The first-order valence-corrected chi connectivity index (χ1v) is 4.63. The van der Waals surface area contributed by atoms with Crippen molar-refractivity contribution in [2.24, 2.45) is 0 Å². The number of oxazole rings is 1. The van der Waals surface area contributed by atoms with Crippen molar-refractivity contribution in [2.45, 2.75) is 6.04 Å². The number of hydrogen-bond donors (Lipinski definition) is 1. The number of nitrogens with zero attached hydrogens (tertiary/aromatic N) is 1. The number of halogens is 1. The summed E-state index contributed by atoms with van der Waals surface area (Å²) in [5.41, 5.74) is 0.484. The van der Waals surface area contributed by atoms with Crippen LogP contribution in [0.3, 0.4) is 0 Å². The first-order chi connectivity index (χ1) is 7.72. The van der Waals surface area contributed by atoms with E-state index in [0.29, 0.717) is 11.8 Å². The van der Waals surface area contributed by atoms with E-state index in [9.17, 15) is 9.18 Å². The third-order valence-electron chi connectivity index (χ3n) is 2.28. The van der Waals surface area contributed by atoms with Gasteiger partial charge in [0.05, 0.1) is 0 Å². The van der Waals surface area contributed by atoms with E-state index in [1.54, 1.807) is 0 Å². The molecule has 16 heavy (non-hydrogen) atoms. The smallest absolute Gasteiger partial charge is 0.294 e. The Balaban J connectivity index is 2.44. The molecule has 1 atom stereocenters. The van der Waals surface area contributed by atoms with Gasteiger partial charge in [-0.2, -0.15) is 0 Å². The van der Waals surface area contributed by atoms with Crippen molar-refractivity contribution < 1.29 is 13.6 Å². The van der Waals surface area contributed by atoms with Crippen LogP contribution in [0.2, 0.25) is 0 Å². The van der Waals surface area contributed by atoms with Crippen molar-refractivity contribution in [1.29, 1.82) is 5.41 Å². The molecule has 0 fully saturated rings. The maximum atomic E-state index is 12.7. The van der Waals surface area contributed by atoms with Crippen molar-refractivity contribution in [3.05, 3.63) is 53.8 Å². The third kappa shape index (κ3) is 1.79. The van der Waals surface area contributed by atoms with Crippen LogP contribution < -0.4 is 5.68 Å². The molecule has 0 bridgehead atoms. The molecule has 1 aromatic heterocycles. The minimum atomic E-state index is -0.660. The zero-order valence-corrected chi connectivity index (χ0v) is 8.26. The summed E-state index contributed by atoms with van der Waals surface area (Å²) in [7, 11) is 0. The number of benzene rings is 1. The molecule has 0 saturated heterocycles. The van der Waals surface area contributed by atoms with Crippen molar-refractivity contribution in [3.8, 4) is 0 Å². The first kappa shape index (κ1) is 10.4. The van der Waals surface area contributed by atoms with Gasteiger partial charge in [-0.1, -0.05) is 12.1 Å². The molecule has 82 valence electrons. The number of aromatic nitrogens is 1. The van der Waals surface area contributed by atoms with Crippen LogP contribution in [0.15, 0.2) is 41.1 Å². The monoisotopic (exact) mass is 220 g/mol. The van der Waals surface area contributed by atoms with Gasteiger partial charge in [0.15, 0.2) is 0 Å². The molecule has 0 spiro atoms. The Morgan fingerprint density at radius 2 is 2.06 bits per heavy atom. The van der Waals surface area contributed by atoms with Gasteiger partial charge < -0.3 is 9.21 Å². The zero-order chi connectivity index (χ0) is 11.5. The number of carbonyl (C=O) groups is 1. The van der Waals surface area contributed by atoms with E-state index in [2.05, 4.69) is 0 Å².